The molecule has 1 atom stereocenters. The molecule has 25 heavy (non-hydrogen) atoms. The summed E-state index contributed by atoms with van der Waals surface area (Å²) in [4.78, 5) is 21.0. The molecule has 1 unspecified atom stereocenters. The first-order chi connectivity index (χ1) is 12.2. The van der Waals surface area contributed by atoms with Gasteiger partial charge in [0.15, 0.2) is 0 Å². The predicted octanol–water partition coefficient (Wildman–Crippen LogP) is 3.97. The predicted molar refractivity (Wildman–Crippen MR) is 98.6 cm³/mol. The van der Waals surface area contributed by atoms with Crippen LogP contribution in [0.2, 0.25) is 5.02 Å². The number of carbonyl (C=O) groups excluding carboxylic acids is 1. The van der Waals surface area contributed by atoms with Gasteiger partial charge >= 0.3 is 0 Å². The van der Waals surface area contributed by atoms with Crippen molar-refractivity contribution in [1.82, 2.24) is 19.7 Å². The van der Waals surface area contributed by atoms with Crippen LogP contribution in [0.25, 0.3) is 5.78 Å². The van der Waals surface area contributed by atoms with Crippen molar-refractivity contribution < 1.29 is 4.79 Å². The van der Waals surface area contributed by atoms with Crippen molar-refractivity contribution in [3.8, 4) is 0 Å². The Balaban J connectivity index is 1.54. The van der Waals surface area contributed by atoms with Crippen molar-refractivity contribution in [3.05, 3.63) is 65.2 Å². The number of rotatable bonds is 7. The molecule has 0 aliphatic rings. The zero-order valence-corrected chi connectivity index (χ0v) is 14.9. The standard InChI is InChI=1S/C19H21ClN4O/c1-2-16(17-13-24-12-4-11-21-19(24)23-17)22-18(25)6-3-5-14-7-9-15(20)10-8-14/h4,7-13,16H,2-3,5-6H2,1H3,(H,22,25). The van der Waals surface area contributed by atoms with Crippen molar-refractivity contribution in [2.24, 2.45) is 0 Å². The van der Waals surface area contributed by atoms with E-state index in [0.29, 0.717) is 12.2 Å². The molecule has 0 saturated heterocycles. The Morgan fingerprint density at radius 1 is 1.32 bits per heavy atom. The SMILES string of the molecule is CCC(NC(=O)CCCc1ccc(Cl)cc1)c1cn2cccnc2n1. The summed E-state index contributed by atoms with van der Waals surface area (Å²) in [6, 6.07) is 9.51. The van der Waals surface area contributed by atoms with E-state index in [1.165, 1.54) is 5.56 Å². The van der Waals surface area contributed by atoms with E-state index in [0.717, 1.165) is 30.0 Å². The minimum absolute atomic E-state index is 0.0471. The van der Waals surface area contributed by atoms with E-state index in [1.807, 2.05) is 54.0 Å². The van der Waals surface area contributed by atoms with Gasteiger partial charge in [-0.15, -0.1) is 0 Å². The highest BCUT2D eigenvalue weighted by Gasteiger charge is 2.16. The molecule has 0 aliphatic carbocycles. The third-order valence-electron chi connectivity index (χ3n) is 4.14. The van der Waals surface area contributed by atoms with Gasteiger partial charge in [0.25, 0.3) is 0 Å². The average Bonchev–Trinajstić information content (AvgIpc) is 3.05. The lowest BCUT2D eigenvalue weighted by atomic mass is 10.1. The van der Waals surface area contributed by atoms with Gasteiger partial charge < -0.3 is 5.32 Å². The highest BCUT2D eigenvalue weighted by molar-refractivity contribution is 6.30. The van der Waals surface area contributed by atoms with Crippen molar-refractivity contribution in [2.75, 3.05) is 0 Å². The van der Waals surface area contributed by atoms with Crippen LogP contribution < -0.4 is 5.32 Å². The van der Waals surface area contributed by atoms with Gasteiger partial charge in [0.05, 0.1) is 11.7 Å². The summed E-state index contributed by atoms with van der Waals surface area (Å²) < 4.78 is 1.87. The van der Waals surface area contributed by atoms with Gasteiger partial charge in [0, 0.05) is 30.0 Å². The maximum Gasteiger partial charge on any atom is 0.233 e. The third kappa shape index (κ3) is 4.57. The normalized spacial score (nSPS) is 12.2. The molecule has 5 nitrogen and oxygen atoms in total. The lowest BCUT2D eigenvalue weighted by Gasteiger charge is -2.14. The first-order valence-electron chi connectivity index (χ1n) is 8.49. The van der Waals surface area contributed by atoms with Crippen LogP contribution in [0, 0.1) is 0 Å². The number of amides is 1. The molecule has 0 spiro atoms. The minimum atomic E-state index is -0.0928. The molecular formula is C19H21ClN4O. The molecule has 2 aromatic heterocycles. The zero-order chi connectivity index (χ0) is 17.6. The third-order valence-corrected chi connectivity index (χ3v) is 4.39. The number of carbonyl (C=O) groups is 1. The molecule has 0 saturated carbocycles. The summed E-state index contributed by atoms with van der Waals surface area (Å²) in [5.74, 6) is 0.693. The van der Waals surface area contributed by atoms with E-state index in [2.05, 4.69) is 15.3 Å². The number of hydrogen-bond acceptors (Lipinski definition) is 3. The average molecular weight is 357 g/mol. The van der Waals surface area contributed by atoms with E-state index < -0.39 is 0 Å². The lowest BCUT2D eigenvalue weighted by molar-refractivity contribution is -0.122. The topological polar surface area (TPSA) is 59.3 Å². The highest BCUT2D eigenvalue weighted by atomic mass is 35.5. The first kappa shape index (κ1) is 17.4. The summed E-state index contributed by atoms with van der Waals surface area (Å²) >= 11 is 5.88. The van der Waals surface area contributed by atoms with E-state index in [9.17, 15) is 4.79 Å². The zero-order valence-electron chi connectivity index (χ0n) is 14.2. The Labute approximate surface area is 152 Å². The van der Waals surface area contributed by atoms with Crippen LogP contribution in [-0.2, 0) is 11.2 Å². The number of fused-ring (bicyclic) bond motifs is 1. The summed E-state index contributed by atoms with van der Waals surface area (Å²) in [6.45, 7) is 2.04. The molecule has 6 heteroatoms. The Bertz CT molecular complexity index is 811. The molecule has 1 N–H and O–H groups in total. The van der Waals surface area contributed by atoms with Crippen molar-refractivity contribution in [3.63, 3.8) is 0 Å². The van der Waals surface area contributed by atoms with Gasteiger partial charge in [-0.2, -0.15) is 0 Å². The van der Waals surface area contributed by atoms with Crippen LogP contribution in [0.5, 0.6) is 0 Å². The lowest BCUT2D eigenvalue weighted by Crippen LogP contribution is -2.28. The van der Waals surface area contributed by atoms with Gasteiger partial charge in [0.2, 0.25) is 11.7 Å². The molecule has 1 amide bonds. The van der Waals surface area contributed by atoms with Crippen LogP contribution in [0.15, 0.2) is 48.9 Å². The van der Waals surface area contributed by atoms with Crippen LogP contribution in [0.1, 0.15) is 43.5 Å². The number of nitrogens with one attached hydrogen (secondary N) is 1. The fourth-order valence-electron chi connectivity index (χ4n) is 2.77. The second-order valence-electron chi connectivity index (χ2n) is 6.00. The molecule has 1 aromatic carbocycles. The second kappa shape index (κ2) is 8.12. The Hall–Kier alpha value is -2.40. The van der Waals surface area contributed by atoms with E-state index in [-0.39, 0.29) is 11.9 Å². The Morgan fingerprint density at radius 2 is 2.12 bits per heavy atom. The number of halogens is 1. The monoisotopic (exact) mass is 356 g/mol. The number of benzene rings is 1. The van der Waals surface area contributed by atoms with Crippen molar-refractivity contribution in [1.29, 1.82) is 0 Å². The largest absolute Gasteiger partial charge is 0.348 e. The van der Waals surface area contributed by atoms with Gasteiger partial charge in [0.1, 0.15) is 0 Å². The van der Waals surface area contributed by atoms with Gasteiger partial charge in [-0.1, -0.05) is 30.7 Å². The van der Waals surface area contributed by atoms with Crippen LogP contribution >= 0.6 is 11.6 Å². The van der Waals surface area contributed by atoms with Crippen molar-refractivity contribution >= 4 is 23.3 Å². The number of aromatic nitrogens is 3. The molecule has 0 bridgehead atoms. The molecular weight excluding hydrogens is 336 g/mol. The molecule has 3 aromatic rings. The van der Waals surface area contributed by atoms with Gasteiger partial charge in [-0.05, 0) is 43.0 Å². The molecule has 0 radical (unpaired) electrons. The quantitative estimate of drug-likeness (QED) is 0.696. The van der Waals surface area contributed by atoms with Crippen LogP contribution in [0.4, 0.5) is 0 Å². The number of aryl methyl sites for hydroxylation is 1. The first-order valence-corrected chi connectivity index (χ1v) is 8.87. The molecule has 0 fully saturated rings. The second-order valence-corrected chi connectivity index (χ2v) is 6.44. The van der Waals surface area contributed by atoms with Crippen molar-refractivity contribution in [2.45, 2.75) is 38.6 Å². The molecule has 130 valence electrons. The van der Waals surface area contributed by atoms with E-state index >= 15 is 0 Å². The molecule has 3 rings (SSSR count). The fraction of sp³-hybridized carbons (Fsp3) is 0.316. The van der Waals surface area contributed by atoms with Gasteiger partial charge in [-0.25, -0.2) is 9.97 Å². The summed E-state index contributed by atoms with van der Waals surface area (Å²) in [6.07, 6.45) is 8.47. The maximum atomic E-state index is 12.3. The molecule has 0 aliphatic heterocycles. The number of imidazole rings is 1. The van der Waals surface area contributed by atoms with Crippen LogP contribution in [-0.4, -0.2) is 20.3 Å². The number of hydrogen-bond donors (Lipinski definition) is 1. The summed E-state index contributed by atoms with van der Waals surface area (Å²) in [5, 5.41) is 3.81. The number of nitrogens with zero attached hydrogens (tertiary/aromatic N) is 3. The van der Waals surface area contributed by atoms with Crippen LogP contribution in [0.3, 0.4) is 0 Å². The molecule has 2 heterocycles. The minimum Gasteiger partial charge on any atom is -0.348 e. The Morgan fingerprint density at radius 3 is 2.84 bits per heavy atom. The smallest absolute Gasteiger partial charge is 0.233 e. The maximum absolute atomic E-state index is 12.3. The fourth-order valence-corrected chi connectivity index (χ4v) is 2.90. The summed E-state index contributed by atoms with van der Waals surface area (Å²) in [5.41, 5.74) is 2.03. The summed E-state index contributed by atoms with van der Waals surface area (Å²) in [7, 11) is 0. The highest BCUT2D eigenvalue weighted by Crippen LogP contribution is 2.17. The van der Waals surface area contributed by atoms with E-state index in [1.54, 1.807) is 6.20 Å². The Kier molecular flexibility index (Phi) is 5.66. The van der Waals surface area contributed by atoms with E-state index in [4.69, 9.17) is 11.6 Å². The van der Waals surface area contributed by atoms with Gasteiger partial charge in [-0.3, -0.25) is 9.20 Å².